The van der Waals surface area contributed by atoms with Crippen molar-refractivity contribution in [2.45, 2.75) is 32.2 Å². The number of aliphatic carboxylic acids is 1. The van der Waals surface area contributed by atoms with Gasteiger partial charge >= 0.3 is 12.0 Å². The minimum Gasteiger partial charge on any atom is -0.480 e. The summed E-state index contributed by atoms with van der Waals surface area (Å²) < 4.78 is 0. The smallest absolute Gasteiger partial charge is 0.329 e. The van der Waals surface area contributed by atoms with Crippen LogP contribution in [-0.4, -0.2) is 29.2 Å². The van der Waals surface area contributed by atoms with E-state index < -0.39 is 11.5 Å². The maximum Gasteiger partial charge on any atom is 0.329 e. The van der Waals surface area contributed by atoms with Gasteiger partial charge in [-0.2, -0.15) is 0 Å². The average molecular weight is 262 g/mol. The summed E-state index contributed by atoms with van der Waals surface area (Å²) in [6.07, 6.45) is 1.14. The highest BCUT2D eigenvalue weighted by Gasteiger charge is 2.35. The zero-order valence-corrected chi connectivity index (χ0v) is 11.1. The molecule has 1 heterocycles. The van der Waals surface area contributed by atoms with Gasteiger partial charge in [-0.3, -0.25) is 4.90 Å². The van der Waals surface area contributed by atoms with Gasteiger partial charge in [0.05, 0.1) is 0 Å². The van der Waals surface area contributed by atoms with Crippen molar-refractivity contribution in [1.29, 1.82) is 0 Å². The van der Waals surface area contributed by atoms with E-state index in [1.165, 1.54) is 6.92 Å². The molecule has 0 bridgehead atoms. The van der Waals surface area contributed by atoms with Crippen LogP contribution in [0.15, 0.2) is 24.3 Å². The lowest BCUT2D eigenvalue weighted by atomic mass is 10.00. The van der Waals surface area contributed by atoms with Crippen LogP contribution in [0.25, 0.3) is 0 Å². The highest BCUT2D eigenvalue weighted by Crippen LogP contribution is 2.27. The molecule has 5 heteroatoms. The van der Waals surface area contributed by atoms with E-state index in [-0.39, 0.29) is 6.03 Å². The number of urea groups is 1. The summed E-state index contributed by atoms with van der Waals surface area (Å²) in [7, 11) is 0. The van der Waals surface area contributed by atoms with Crippen molar-refractivity contribution in [3.05, 3.63) is 29.8 Å². The van der Waals surface area contributed by atoms with Gasteiger partial charge in [0.2, 0.25) is 0 Å². The number of nitrogens with one attached hydrogen (secondary N) is 1. The van der Waals surface area contributed by atoms with E-state index in [1.54, 1.807) is 11.8 Å². The summed E-state index contributed by atoms with van der Waals surface area (Å²) >= 11 is 0. The molecule has 2 N–H and O–H groups in total. The van der Waals surface area contributed by atoms with Crippen molar-refractivity contribution in [2.75, 3.05) is 11.4 Å². The SMILES string of the molecule is CCC(C)(NC(=O)N1CCc2ccccc21)C(=O)O. The molecule has 1 unspecified atom stereocenters. The van der Waals surface area contributed by atoms with Crippen molar-refractivity contribution in [1.82, 2.24) is 5.32 Å². The zero-order valence-electron chi connectivity index (χ0n) is 11.1. The Hall–Kier alpha value is -2.04. The number of carbonyl (C=O) groups excluding carboxylic acids is 1. The first kappa shape index (κ1) is 13.4. The molecule has 0 aliphatic carbocycles. The summed E-state index contributed by atoms with van der Waals surface area (Å²) in [5, 5.41) is 11.8. The van der Waals surface area contributed by atoms with Gasteiger partial charge < -0.3 is 10.4 Å². The van der Waals surface area contributed by atoms with Gasteiger partial charge in [0, 0.05) is 12.2 Å². The number of fused-ring (bicyclic) bond motifs is 1. The average Bonchev–Trinajstić information content (AvgIpc) is 2.82. The highest BCUT2D eigenvalue weighted by molar-refractivity contribution is 5.97. The number of anilines is 1. The molecule has 1 aliphatic rings. The normalized spacial score (nSPS) is 16.6. The Morgan fingerprint density at radius 1 is 1.42 bits per heavy atom. The number of carboxylic acid groups (broad SMARTS) is 1. The first-order valence-electron chi connectivity index (χ1n) is 6.39. The second-order valence-corrected chi connectivity index (χ2v) is 4.95. The van der Waals surface area contributed by atoms with E-state index in [0.717, 1.165) is 17.7 Å². The van der Waals surface area contributed by atoms with E-state index in [0.29, 0.717) is 13.0 Å². The molecule has 19 heavy (non-hydrogen) atoms. The van der Waals surface area contributed by atoms with Crippen molar-refractivity contribution in [2.24, 2.45) is 0 Å². The van der Waals surface area contributed by atoms with Crippen molar-refractivity contribution in [3.8, 4) is 0 Å². The Kier molecular flexibility index (Phi) is 3.46. The third-order valence-corrected chi connectivity index (χ3v) is 3.69. The summed E-state index contributed by atoms with van der Waals surface area (Å²) in [5.41, 5.74) is 0.754. The minimum absolute atomic E-state index is 0.337. The van der Waals surface area contributed by atoms with Crippen LogP contribution in [0.3, 0.4) is 0 Å². The van der Waals surface area contributed by atoms with Crippen molar-refractivity contribution >= 4 is 17.7 Å². The number of benzene rings is 1. The first-order valence-corrected chi connectivity index (χ1v) is 6.39. The number of rotatable bonds is 3. The Morgan fingerprint density at radius 3 is 2.74 bits per heavy atom. The fourth-order valence-electron chi connectivity index (χ4n) is 2.15. The van der Waals surface area contributed by atoms with E-state index in [9.17, 15) is 14.7 Å². The van der Waals surface area contributed by atoms with Crippen molar-refractivity contribution < 1.29 is 14.7 Å². The molecule has 0 fully saturated rings. The van der Waals surface area contributed by atoms with Gasteiger partial charge in [-0.25, -0.2) is 9.59 Å². The predicted molar refractivity (Wildman–Crippen MR) is 72.4 cm³/mol. The molecular weight excluding hydrogens is 244 g/mol. The van der Waals surface area contributed by atoms with E-state index in [2.05, 4.69) is 5.32 Å². The third-order valence-electron chi connectivity index (χ3n) is 3.69. The second kappa shape index (κ2) is 4.91. The molecule has 2 rings (SSSR count). The number of amides is 2. The zero-order chi connectivity index (χ0) is 14.0. The molecule has 2 amide bonds. The molecule has 102 valence electrons. The van der Waals surface area contributed by atoms with Gasteiger partial charge in [-0.1, -0.05) is 25.1 Å². The fraction of sp³-hybridized carbons (Fsp3) is 0.429. The topological polar surface area (TPSA) is 69.6 Å². The maximum atomic E-state index is 12.2. The third kappa shape index (κ3) is 2.41. The molecule has 1 atom stereocenters. The van der Waals surface area contributed by atoms with E-state index in [1.807, 2.05) is 24.3 Å². The van der Waals surface area contributed by atoms with E-state index in [4.69, 9.17) is 0 Å². The van der Waals surface area contributed by atoms with Crippen LogP contribution >= 0.6 is 0 Å². The molecule has 0 saturated heterocycles. The molecule has 5 nitrogen and oxygen atoms in total. The summed E-state index contributed by atoms with van der Waals surface area (Å²) in [4.78, 5) is 25.1. The van der Waals surface area contributed by atoms with Crippen LogP contribution in [0.1, 0.15) is 25.8 Å². The van der Waals surface area contributed by atoms with Crippen LogP contribution in [0, 0.1) is 0 Å². The van der Waals surface area contributed by atoms with Crippen LogP contribution in [0.5, 0.6) is 0 Å². The van der Waals surface area contributed by atoms with Crippen LogP contribution in [0.4, 0.5) is 10.5 Å². The monoisotopic (exact) mass is 262 g/mol. The Balaban J connectivity index is 2.17. The molecule has 0 radical (unpaired) electrons. The van der Waals surface area contributed by atoms with Crippen molar-refractivity contribution in [3.63, 3.8) is 0 Å². The van der Waals surface area contributed by atoms with Gasteiger partial charge in [0.15, 0.2) is 0 Å². The summed E-state index contributed by atoms with van der Waals surface area (Å²) in [5.74, 6) is -1.02. The second-order valence-electron chi connectivity index (χ2n) is 4.95. The Bertz CT molecular complexity index is 515. The number of hydrogen-bond acceptors (Lipinski definition) is 2. The lowest BCUT2D eigenvalue weighted by molar-refractivity contribution is -0.143. The number of nitrogens with zero attached hydrogens (tertiary/aromatic N) is 1. The highest BCUT2D eigenvalue weighted by atomic mass is 16.4. The predicted octanol–water partition coefficient (Wildman–Crippen LogP) is 2.01. The number of para-hydroxylation sites is 1. The van der Waals surface area contributed by atoms with Gasteiger partial charge in [0.1, 0.15) is 5.54 Å². The fourth-order valence-corrected chi connectivity index (χ4v) is 2.15. The lowest BCUT2D eigenvalue weighted by Crippen LogP contribution is -2.55. The van der Waals surface area contributed by atoms with Crippen LogP contribution in [-0.2, 0) is 11.2 Å². The number of hydrogen-bond donors (Lipinski definition) is 2. The van der Waals surface area contributed by atoms with Gasteiger partial charge in [-0.15, -0.1) is 0 Å². The number of carbonyl (C=O) groups is 2. The van der Waals surface area contributed by atoms with Crippen LogP contribution in [0.2, 0.25) is 0 Å². The Morgan fingerprint density at radius 2 is 2.11 bits per heavy atom. The molecule has 1 aromatic rings. The van der Waals surface area contributed by atoms with Crippen LogP contribution < -0.4 is 10.2 Å². The van der Waals surface area contributed by atoms with E-state index >= 15 is 0 Å². The summed E-state index contributed by atoms with van der Waals surface area (Å²) in [6, 6.07) is 7.33. The largest absolute Gasteiger partial charge is 0.480 e. The maximum absolute atomic E-state index is 12.2. The number of carboxylic acids is 1. The molecule has 0 aromatic heterocycles. The molecular formula is C14H18N2O3. The molecule has 1 aliphatic heterocycles. The first-order chi connectivity index (χ1) is 8.98. The van der Waals surface area contributed by atoms with Gasteiger partial charge in [-0.05, 0) is 31.4 Å². The van der Waals surface area contributed by atoms with Gasteiger partial charge in [0.25, 0.3) is 0 Å². The minimum atomic E-state index is -1.23. The molecule has 0 spiro atoms. The molecule has 1 aromatic carbocycles. The molecule has 0 saturated carbocycles. The quantitative estimate of drug-likeness (QED) is 0.875. The summed E-state index contributed by atoms with van der Waals surface area (Å²) in [6.45, 7) is 3.85. The standard InChI is InChI=1S/C14H18N2O3/c1-3-14(2,12(17)18)15-13(19)16-9-8-10-6-4-5-7-11(10)16/h4-7H,3,8-9H2,1-2H3,(H,15,19)(H,17,18). The Labute approximate surface area is 112 Å². The lowest BCUT2D eigenvalue weighted by Gasteiger charge is -2.28.